The van der Waals surface area contributed by atoms with Gasteiger partial charge in [0.15, 0.2) is 0 Å². The molecule has 0 fully saturated rings. The lowest BCUT2D eigenvalue weighted by Crippen LogP contribution is -2.12. The molecule has 0 aromatic heterocycles. The Hall–Kier alpha value is -2.72. The summed E-state index contributed by atoms with van der Waals surface area (Å²) in [6.07, 6.45) is 0. The Morgan fingerprint density at radius 2 is 0.929 bits per heavy atom. The van der Waals surface area contributed by atoms with Gasteiger partial charge in [0.2, 0.25) is 0 Å². The molecule has 0 N–H and O–H groups in total. The van der Waals surface area contributed by atoms with E-state index in [2.05, 4.69) is 18.9 Å². The van der Waals surface area contributed by atoms with Crippen LogP contribution in [0.5, 0.6) is 0 Å². The first-order valence-electron chi connectivity index (χ1n) is 8.11. The van der Waals surface area contributed by atoms with Crippen LogP contribution in [-0.4, -0.2) is 28.3 Å². The molecular formula is C18H20N2O6S2. The molecule has 2 rings (SSSR count). The lowest BCUT2D eigenvalue weighted by atomic mass is 10.2. The van der Waals surface area contributed by atoms with Gasteiger partial charge in [-0.2, -0.15) is 16.8 Å². The molecule has 0 saturated carbocycles. The van der Waals surface area contributed by atoms with Crippen molar-refractivity contribution in [2.75, 3.05) is 0 Å². The maximum atomic E-state index is 12.1. The molecule has 2 aromatic carbocycles. The summed E-state index contributed by atoms with van der Waals surface area (Å²) in [5.74, 6) is 0. The van der Waals surface area contributed by atoms with Crippen molar-refractivity contribution in [3.05, 3.63) is 59.7 Å². The van der Waals surface area contributed by atoms with Crippen LogP contribution in [0, 0.1) is 13.8 Å². The van der Waals surface area contributed by atoms with Crippen molar-refractivity contribution >= 4 is 31.7 Å². The largest absolute Gasteiger partial charge is 0.358 e. The van der Waals surface area contributed by atoms with Gasteiger partial charge in [0.1, 0.15) is 21.2 Å². The second-order valence-electron chi connectivity index (χ2n) is 6.04. The molecule has 0 amide bonds. The van der Waals surface area contributed by atoms with E-state index in [1.165, 1.54) is 38.1 Å². The molecule has 150 valence electrons. The molecule has 0 radical (unpaired) electrons. The molecule has 8 nitrogen and oxygen atoms in total. The van der Waals surface area contributed by atoms with Crippen molar-refractivity contribution in [1.82, 2.24) is 0 Å². The Morgan fingerprint density at radius 3 is 1.21 bits per heavy atom. The molecule has 10 heteroatoms. The highest BCUT2D eigenvalue weighted by Crippen LogP contribution is 2.15. The van der Waals surface area contributed by atoms with Gasteiger partial charge in [0, 0.05) is 0 Å². The molecule has 2 aromatic rings. The number of rotatable bonds is 7. The summed E-state index contributed by atoms with van der Waals surface area (Å²) < 4.78 is 57.7. The van der Waals surface area contributed by atoms with Crippen molar-refractivity contribution in [2.45, 2.75) is 37.5 Å². The minimum atomic E-state index is -4.10. The number of hydrogen-bond acceptors (Lipinski definition) is 8. The van der Waals surface area contributed by atoms with Crippen molar-refractivity contribution < 1.29 is 25.4 Å². The van der Waals surface area contributed by atoms with Gasteiger partial charge in [-0.3, -0.25) is 8.57 Å². The van der Waals surface area contributed by atoms with Crippen molar-refractivity contribution in [1.29, 1.82) is 0 Å². The van der Waals surface area contributed by atoms with Crippen LogP contribution in [0.2, 0.25) is 0 Å². The van der Waals surface area contributed by atoms with Crippen LogP contribution in [-0.2, 0) is 28.8 Å². The third kappa shape index (κ3) is 5.64. The minimum absolute atomic E-state index is 0.0368. The number of aryl methyl sites for hydroxylation is 2. The summed E-state index contributed by atoms with van der Waals surface area (Å²) in [7, 11) is -8.20. The van der Waals surface area contributed by atoms with Crippen molar-refractivity contribution in [3.8, 4) is 0 Å². The average molecular weight is 425 g/mol. The Kier molecular flexibility index (Phi) is 6.57. The fourth-order valence-corrected chi connectivity index (χ4v) is 3.37. The monoisotopic (exact) mass is 424 g/mol. The highest BCUT2D eigenvalue weighted by molar-refractivity contribution is 7.87. The van der Waals surface area contributed by atoms with E-state index in [0.717, 1.165) is 11.1 Å². The molecule has 0 unspecified atom stereocenters. The molecule has 0 aliphatic rings. The van der Waals surface area contributed by atoms with Crippen molar-refractivity contribution in [2.24, 2.45) is 10.3 Å². The number of nitrogens with zero attached hydrogens (tertiary/aromatic N) is 2. The molecular weight excluding hydrogens is 404 g/mol. The Balaban J connectivity index is 2.11. The van der Waals surface area contributed by atoms with E-state index in [9.17, 15) is 16.8 Å². The van der Waals surface area contributed by atoms with Gasteiger partial charge in [0.05, 0.1) is 0 Å². The van der Waals surface area contributed by atoms with Crippen LogP contribution in [0.4, 0.5) is 0 Å². The fourth-order valence-electron chi connectivity index (χ4n) is 1.84. The van der Waals surface area contributed by atoms with E-state index in [0.29, 0.717) is 0 Å². The van der Waals surface area contributed by atoms with Crippen LogP contribution in [0.25, 0.3) is 0 Å². The van der Waals surface area contributed by atoms with Gasteiger partial charge >= 0.3 is 20.2 Å². The third-order valence-corrected chi connectivity index (χ3v) is 5.93. The summed E-state index contributed by atoms with van der Waals surface area (Å²) in [4.78, 5) is -0.107. The van der Waals surface area contributed by atoms with E-state index < -0.39 is 20.2 Å². The van der Waals surface area contributed by atoms with Crippen molar-refractivity contribution in [3.63, 3.8) is 0 Å². The first-order valence-corrected chi connectivity index (χ1v) is 10.9. The Morgan fingerprint density at radius 1 is 0.643 bits per heavy atom. The van der Waals surface area contributed by atoms with E-state index in [4.69, 9.17) is 0 Å². The first-order chi connectivity index (χ1) is 13.0. The van der Waals surface area contributed by atoms with Crippen LogP contribution < -0.4 is 0 Å². The van der Waals surface area contributed by atoms with Crippen LogP contribution >= 0.6 is 0 Å². The van der Waals surface area contributed by atoms with Crippen LogP contribution in [0.15, 0.2) is 68.6 Å². The second kappa shape index (κ2) is 8.53. The molecule has 0 aliphatic carbocycles. The summed E-state index contributed by atoms with van der Waals surface area (Å²) in [5.41, 5.74) is 1.87. The molecule has 28 heavy (non-hydrogen) atoms. The molecule has 0 saturated heterocycles. The fraction of sp³-hybridized carbons (Fsp3) is 0.222. The van der Waals surface area contributed by atoms with Gasteiger partial charge in [-0.05, 0) is 52.0 Å². The second-order valence-corrected chi connectivity index (χ2v) is 9.09. The number of benzene rings is 2. The van der Waals surface area contributed by atoms with Gasteiger partial charge in [-0.15, -0.1) is 0 Å². The Labute approximate surface area is 164 Å². The van der Waals surface area contributed by atoms with Gasteiger partial charge in [-0.25, -0.2) is 0 Å². The lowest BCUT2D eigenvalue weighted by Gasteiger charge is -2.05. The van der Waals surface area contributed by atoms with E-state index in [1.807, 2.05) is 13.8 Å². The predicted octanol–water partition coefficient (Wildman–Crippen LogP) is 3.17. The molecule has 0 spiro atoms. The number of hydrogen-bond donors (Lipinski definition) is 0. The summed E-state index contributed by atoms with van der Waals surface area (Å²) in [6, 6.07) is 12.1. The topological polar surface area (TPSA) is 111 Å². The zero-order valence-corrected chi connectivity index (χ0v) is 17.4. The molecule has 0 atom stereocenters. The quantitative estimate of drug-likeness (QED) is 0.498. The normalized spacial score (nSPS) is 13.3. The van der Waals surface area contributed by atoms with Gasteiger partial charge < -0.3 is 0 Å². The highest BCUT2D eigenvalue weighted by Gasteiger charge is 2.17. The smallest absolute Gasteiger partial charge is 0.264 e. The highest BCUT2D eigenvalue weighted by atomic mass is 32.2. The zero-order valence-electron chi connectivity index (χ0n) is 15.8. The zero-order chi connectivity index (χ0) is 20.9. The Bertz CT molecular complexity index is 1010. The maximum Gasteiger partial charge on any atom is 0.358 e. The molecule has 0 heterocycles. The SMILES string of the molecule is CC(=NOS(=O)(=O)c1ccc(C)cc1)C(C)=NOS(=O)(=O)c1ccc(C)cc1. The number of oxime groups is 2. The first kappa shape index (κ1) is 21.6. The maximum absolute atomic E-state index is 12.1. The molecule has 0 bridgehead atoms. The third-order valence-electron chi connectivity index (χ3n) is 3.69. The van der Waals surface area contributed by atoms with E-state index in [-0.39, 0.29) is 21.2 Å². The van der Waals surface area contributed by atoms with Crippen LogP contribution in [0.3, 0.4) is 0 Å². The minimum Gasteiger partial charge on any atom is -0.264 e. The van der Waals surface area contributed by atoms with Gasteiger partial charge in [-0.1, -0.05) is 45.7 Å². The van der Waals surface area contributed by atoms with E-state index in [1.54, 1.807) is 24.3 Å². The van der Waals surface area contributed by atoms with E-state index >= 15 is 0 Å². The summed E-state index contributed by atoms with van der Waals surface area (Å²) >= 11 is 0. The predicted molar refractivity (Wildman–Crippen MR) is 105 cm³/mol. The van der Waals surface area contributed by atoms with Crippen LogP contribution in [0.1, 0.15) is 25.0 Å². The summed E-state index contributed by atoms with van der Waals surface area (Å²) in [5, 5.41) is 7.01. The van der Waals surface area contributed by atoms with Gasteiger partial charge in [0.25, 0.3) is 0 Å². The lowest BCUT2D eigenvalue weighted by molar-refractivity contribution is 0.334. The standard InChI is InChI=1S/C18H20N2O6S2/c1-13-5-9-17(10-6-13)27(21,22)25-19-15(3)16(4)20-26-28(23,24)18-11-7-14(2)8-12-18/h5-12H,1-4H3. The average Bonchev–Trinajstić information content (AvgIpc) is 2.65. The molecule has 0 aliphatic heterocycles. The summed E-state index contributed by atoms with van der Waals surface area (Å²) in [6.45, 7) is 6.46.